The lowest BCUT2D eigenvalue weighted by molar-refractivity contribution is 0.167. The number of thiazole rings is 1. The van der Waals surface area contributed by atoms with Gasteiger partial charge in [-0.05, 0) is 18.6 Å². The van der Waals surface area contributed by atoms with Crippen molar-refractivity contribution in [3.63, 3.8) is 0 Å². The Morgan fingerprint density at radius 3 is 3.00 bits per heavy atom. The second-order valence-corrected chi connectivity index (χ2v) is 6.71. The quantitative estimate of drug-likeness (QED) is 0.676. The zero-order valence-electron chi connectivity index (χ0n) is 14.0. The lowest BCUT2D eigenvalue weighted by Crippen LogP contribution is -2.12. The predicted molar refractivity (Wildman–Crippen MR) is 98.4 cm³/mol. The van der Waals surface area contributed by atoms with Gasteiger partial charge in [-0.25, -0.2) is 9.97 Å². The van der Waals surface area contributed by atoms with Gasteiger partial charge in [0.2, 0.25) is 0 Å². The second-order valence-electron chi connectivity index (χ2n) is 5.81. The molecule has 0 amide bonds. The Labute approximate surface area is 155 Å². The molecule has 1 aliphatic heterocycles. The van der Waals surface area contributed by atoms with Crippen LogP contribution in [0.5, 0.6) is 17.2 Å². The molecular weight excluding hydrogens is 352 g/mol. The first kappa shape index (κ1) is 16.7. The largest absolute Gasteiger partial charge is 0.489 e. The van der Waals surface area contributed by atoms with E-state index in [1.165, 1.54) is 11.3 Å². The van der Waals surface area contributed by atoms with Crippen LogP contribution >= 0.6 is 11.3 Å². The van der Waals surface area contributed by atoms with Crippen molar-refractivity contribution in [3.8, 4) is 17.2 Å². The molecule has 1 N–H and O–H groups in total. The van der Waals surface area contributed by atoms with Crippen LogP contribution in [0.4, 0.5) is 10.9 Å². The fraction of sp³-hybridized carbons (Fsp3) is 0.278. The van der Waals surface area contributed by atoms with E-state index in [1.807, 2.05) is 23.6 Å². The Bertz CT molecular complexity index is 824. The number of nitrogens with zero attached hydrogens (tertiary/aromatic N) is 3. The minimum Gasteiger partial charge on any atom is -0.489 e. The summed E-state index contributed by atoms with van der Waals surface area (Å²) in [5.74, 6) is 2.85. The molecular formula is C18H18N4O3S. The van der Waals surface area contributed by atoms with Crippen LogP contribution < -0.4 is 14.8 Å². The molecule has 4 heterocycles. The summed E-state index contributed by atoms with van der Waals surface area (Å²) in [6.45, 7) is 2.10. The Kier molecular flexibility index (Phi) is 5.22. The molecule has 134 valence electrons. The van der Waals surface area contributed by atoms with Gasteiger partial charge in [-0.2, -0.15) is 0 Å². The minimum absolute atomic E-state index is 0.394. The van der Waals surface area contributed by atoms with E-state index in [4.69, 9.17) is 14.2 Å². The normalized spacial score (nSPS) is 16.4. The molecule has 1 fully saturated rings. The first-order valence-corrected chi connectivity index (χ1v) is 9.20. The van der Waals surface area contributed by atoms with Crippen LogP contribution in [-0.4, -0.2) is 34.8 Å². The third-order valence-corrected chi connectivity index (χ3v) is 4.54. The van der Waals surface area contributed by atoms with Gasteiger partial charge in [-0.1, -0.05) is 0 Å². The van der Waals surface area contributed by atoms with Gasteiger partial charge < -0.3 is 19.5 Å². The molecule has 0 spiro atoms. The van der Waals surface area contributed by atoms with E-state index in [0.717, 1.165) is 24.8 Å². The van der Waals surface area contributed by atoms with Gasteiger partial charge in [0.05, 0.1) is 25.6 Å². The van der Waals surface area contributed by atoms with Crippen LogP contribution in [-0.2, 0) is 4.74 Å². The molecule has 1 atom stereocenters. The predicted octanol–water partition coefficient (Wildman–Crippen LogP) is 3.88. The zero-order chi connectivity index (χ0) is 17.6. The molecule has 3 aromatic heterocycles. The topological polar surface area (TPSA) is 78.4 Å². The smallest absolute Gasteiger partial charge is 0.188 e. The Morgan fingerprint density at radius 1 is 1.23 bits per heavy atom. The zero-order valence-corrected chi connectivity index (χ0v) is 14.8. The first-order chi connectivity index (χ1) is 12.9. The van der Waals surface area contributed by atoms with Crippen molar-refractivity contribution < 1.29 is 14.2 Å². The highest BCUT2D eigenvalue weighted by Gasteiger charge is 2.18. The van der Waals surface area contributed by atoms with Crippen molar-refractivity contribution in [2.75, 3.05) is 25.1 Å². The van der Waals surface area contributed by atoms with Crippen molar-refractivity contribution in [3.05, 3.63) is 48.4 Å². The molecule has 3 aromatic rings. The van der Waals surface area contributed by atoms with E-state index in [0.29, 0.717) is 35.6 Å². The third kappa shape index (κ3) is 4.27. The van der Waals surface area contributed by atoms with Crippen molar-refractivity contribution >= 4 is 22.3 Å². The van der Waals surface area contributed by atoms with Gasteiger partial charge in [-0.15, -0.1) is 11.3 Å². The Morgan fingerprint density at radius 2 is 2.23 bits per heavy atom. The van der Waals surface area contributed by atoms with Gasteiger partial charge >= 0.3 is 0 Å². The molecule has 1 saturated heterocycles. The summed E-state index contributed by atoms with van der Waals surface area (Å²) in [5.41, 5.74) is 0. The Hall–Kier alpha value is -2.71. The molecule has 0 aromatic carbocycles. The number of pyridine rings is 2. The van der Waals surface area contributed by atoms with Crippen molar-refractivity contribution in [2.24, 2.45) is 5.92 Å². The van der Waals surface area contributed by atoms with E-state index in [2.05, 4.69) is 20.3 Å². The van der Waals surface area contributed by atoms with Crippen LogP contribution in [0.15, 0.2) is 48.4 Å². The number of nitrogens with one attached hydrogen (secondary N) is 1. The van der Waals surface area contributed by atoms with Gasteiger partial charge in [0.1, 0.15) is 11.5 Å². The second kappa shape index (κ2) is 8.11. The van der Waals surface area contributed by atoms with Crippen LogP contribution in [0, 0.1) is 5.92 Å². The highest BCUT2D eigenvalue weighted by Crippen LogP contribution is 2.32. The van der Waals surface area contributed by atoms with E-state index < -0.39 is 0 Å². The van der Waals surface area contributed by atoms with Crippen molar-refractivity contribution in [1.29, 1.82) is 0 Å². The molecule has 26 heavy (non-hydrogen) atoms. The standard InChI is InChI=1S/C18H18N4O3S/c1-2-14(9-19-4-1)25-15-8-16(24-12-13-3-6-23-11-13)17(21-10-15)22-18-20-5-7-26-18/h1-2,4-5,7-10,13H,3,6,11-12H2,(H,20,21,22). The SMILES string of the molecule is c1cncc(Oc2cnc(Nc3nccs3)c(OCC3CCOC3)c2)c1. The van der Waals surface area contributed by atoms with E-state index >= 15 is 0 Å². The van der Waals surface area contributed by atoms with Gasteiger partial charge in [-0.3, -0.25) is 4.98 Å². The van der Waals surface area contributed by atoms with Gasteiger partial charge in [0.15, 0.2) is 16.7 Å². The van der Waals surface area contributed by atoms with Crippen molar-refractivity contribution in [2.45, 2.75) is 6.42 Å². The number of aromatic nitrogens is 3. The maximum atomic E-state index is 6.02. The molecule has 4 rings (SSSR count). The van der Waals surface area contributed by atoms with Gasteiger partial charge in [0, 0.05) is 36.4 Å². The summed E-state index contributed by atoms with van der Waals surface area (Å²) in [6, 6.07) is 5.48. The Balaban J connectivity index is 1.53. The average Bonchev–Trinajstić information content (AvgIpc) is 3.36. The third-order valence-electron chi connectivity index (χ3n) is 3.85. The highest BCUT2D eigenvalue weighted by molar-refractivity contribution is 7.13. The molecule has 0 radical (unpaired) electrons. The minimum atomic E-state index is 0.394. The van der Waals surface area contributed by atoms with Crippen LogP contribution in [0.25, 0.3) is 0 Å². The molecule has 1 unspecified atom stereocenters. The molecule has 8 heteroatoms. The summed E-state index contributed by atoms with van der Waals surface area (Å²) < 4.78 is 17.2. The van der Waals surface area contributed by atoms with E-state index in [9.17, 15) is 0 Å². The number of hydrogen-bond acceptors (Lipinski definition) is 8. The van der Waals surface area contributed by atoms with Crippen LogP contribution in [0.3, 0.4) is 0 Å². The van der Waals surface area contributed by atoms with Crippen LogP contribution in [0.1, 0.15) is 6.42 Å². The monoisotopic (exact) mass is 370 g/mol. The maximum absolute atomic E-state index is 6.02. The first-order valence-electron chi connectivity index (χ1n) is 8.32. The summed E-state index contributed by atoms with van der Waals surface area (Å²) in [6.07, 6.45) is 7.74. The van der Waals surface area contributed by atoms with Crippen LogP contribution in [0.2, 0.25) is 0 Å². The molecule has 0 saturated carbocycles. The summed E-state index contributed by atoms with van der Waals surface area (Å²) in [5, 5.41) is 5.85. The molecule has 0 bridgehead atoms. The summed E-state index contributed by atoms with van der Waals surface area (Å²) in [4.78, 5) is 12.7. The molecule has 0 aliphatic carbocycles. The molecule has 1 aliphatic rings. The number of rotatable bonds is 7. The highest BCUT2D eigenvalue weighted by atomic mass is 32.1. The van der Waals surface area contributed by atoms with Gasteiger partial charge in [0.25, 0.3) is 0 Å². The number of hydrogen-bond donors (Lipinski definition) is 1. The van der Waals surface area contributed by atoms with E-state index in [-0.39, 0.29) is 0 Å². The lowest BCUT2D eigenvalue weighted by atomic mass is 10.1. The fourth-order valence-electron chi connectivity index (χ4n) is 2.54. The average molecular weight is 370 g/mol. The summed E-state index contributed by atoms with van der Waals surface area (Å²) in [7, 11) is 0. The van der Waals surface area contributed by atoms with E-state index in [1.54, 1.807) is 24.8 Å². The number of ether oxygens (including phenoxy) is 3. The fourth-order valence-corrected chi connectivity index (χ4v) is 3.07. The van der Waals surface area contributed by atoms with Crippen molar-refractivity contribution in [1.82, 2.24) is 15.0 Å². The maximum Gasteiger partial charge on any atom is 0.188 e. The number of anilines is 2. The lowest BCUT2D eigenvalue weighted by Gasteiger charge is -2.15. The summed E-state index contributed by atoms with van der Waals surface area (Å²) >= 11 is 1.50. The molecule has 7 nitrogen and oxygen atoms in total.